The molecular weight excluding hydrogens is 322 g/mol. The van der Waals surface area contributed by atoms with Crippen LogP contribution in [0.3, 0.4) is 0 Å². The summed E-state index contributed by atoms with van der Waals surface area (Å²) in [5, 5.41) is 2.43. The third-order valence-electron chi connectivity index (χ3n) is 2.29. The highest BCUT2D eigenvalue weighted by Gasteiger charge is 2.20. The molecule has 1 aromatic rings. The molecule has 1 heterocycles. The van der Waals surface area contributed by atoms with E-state index in [1.807, 2.05) is 32.9 Å². The minimum Gasteiger partial charge on any atom is -0.470 e. The Hall–Kier alpha value is -1.67. The highest BCUT2D eigenvalue weighted by Crippen LogP contribution is 2.16. The fourth-order valence-electron chi connectivity index (χ4n) is 1.19. The summed E-state index contributed by atoms with van der Waals surface area (Å²) in [4.78, 5) is 24.8. The van der Waals surface area contributed by atoms with Gasteiger partial charge in [0, 0.05) is 18.0 Å². The summed E-state index contributed by atoms with van der Waals surface area (Å²) in [7, 11) is 0. The number of aromatic nitrogens is 1. The maximum atomic E-state index is 11.6. The van der Waals surface area contributed by atoms with Crippen molar-refractivity contribution in [2.24, 2.45) is 11.1 Å². The van der Waals surface area contributed by atoms with Gasteiger partial charge in [-0.15, -0.1) is 0 Å². The van der Waals surface area contributed by atoms with E-state index in [9.17, 15) is 4.79 Å². The van der Waals surface area contributed by atoms with E-state index in [1.165, 1.54) is 0 Å². The van der Waals surface area contributed by atoms with E-state index in [1.54, 1.807) is 12.3 Å². The molecule has 0 radical (unpaired) electrons. The molecule has 0 spiro atoms. The van der Waals surface area contributed by atoms with Crippen LogP contribution in [0.1, 0.15) is 27.2 Å². The highest BCUT2D eigenvalue weighted by molar-refractivity contribution is 7.96. The average Bonchev–Trinajstić information content (AvgIpc) is 2.38. The maximum Gasteiger partial charge on any atom is 0.273 e. The maximum absolute atomic E-state index is 11.6. The van der Waals surface area contributed by atoms with Gasteiger partial charge in [-0.2, -0.15) is 0 Å². The number of thiocarbonyl (C=S) groups is 1. The Morgan fingerprint density at radius 2 is 2.00 bits per heavy atom. The molecule has 0 aliphatic rings. The zero-order chi connectivity index (χ0) is 17.2. The summed E-state index contributed by atoms with van der Waals surface area (Å²) in [6.07, 6.45) is 2.02. The lowest BCUT2D eigenvalue weighted by Crippen LogP contribution is -2.23. The number of carbonyl (C=O) groups is 2. The molecule has 0 saturated carbocycles. The number of thiol groups is 1. The minimum atomic E-state index is -0.639. The van der Waals surface area contributed by atoms with Crippen molar-refractivity contribution in [3.05, 3.63) is 24.4 Å². The number of Topliss-reactive ketones (excluding diaryl/α,β-unsaturated/α-hetero) is 1. The van der Waals surface area contributed by atoms with Gasteiger partial charge in [0.2, 0.25) is 0 Å². The topological polar surface area (TPSA) is 94.3 Å². The fourth-order valence-corrected chi connectivity index (χ4v) is 1.38. The molecule has 22 heavy (non-hydrogen) atoms. The van der Waals surface area contributed by atoms with Crippen molar-refractivity contribution in [1.82, 2.24) is 4.98 Å². The van der Waals surface area contributed by atoms with E-state index < -0.39 is 5.24 Å². The third kappa shape index (κ3) is 11.0. The van der Waals surface area contributed by atoms with E-state index in [0.717, 1.165) is 0 Å². The van der Waals surface area contributed by atoms with Gasteiger partial charge in [0.05, 0.1) is 6.61 Å². The van der Waals surface area contributed by atoms with Crippen molar-refractivity contribution in [2.45, 2.75) is 27.2 Å². The number of pyridine rings is 1. The predicted molar refractivity (Wildman–Crippen MR) is 94.1 cm³/mol. The predicted octanol–water partition coefficient (Wildman–Crippen LogP) is 2.80. The lowest BCUT2D eigenvalue weighted by Gasteiger charge is -2.16. The number of anilines is 1. The molecule has 3 N–H and O–H groups in total. The van der Waals surface area contributed by atoms with Crippen LogP contribution in [0.5, 0.6) is 0 Å². The number of carbonyl (C=O) groups excluding carboxylic acids is 2. The van der Waals surface area contributed by atoms with Gasteiger partial charge in [0.1, 0.15) is 11.6 Å². The van der Waals surface area contributed by atoms with Crippen molar-refractivity contribution in [3.63, 3.8) is 0 Å². The van der Waals surface area contributed by atoms with E-state index in [-0.39, 0.29) is 23.0 Å². The standard InChI is InChI=1S/C13H18N2O2S.CH3NOS/c1-13(2,3)10(16)7-9-17-12(18)15-11-6-4-5-8-14-11;2-1(3)4/h4-6,8H,7,9H2,1-3H3,(H,14,15,18);(H3,2,3,4). The van der Waals surface area contributed by atoms with Gasteiger partial charge in [-0.3, -0.25) is 9.59 Å². The minimum absolute atomic E-state index is 0.156. The van der Waals surface area contributed by atoms with Crippen LogP contribution < -0.4 is 11.1 Å². The SMILES string of the molecule is CC(C)(C)C(=O)CCOC(=S)Nc1ccccn1.NC(=O)S. The number of nitrogens with one attached hydrogen (secondary N) is 1. The second-order valence-corrected chi connectivity index (χ2v) is 6.05. The summed E-state index contributed by atoms with van der Waals surface area (Å²) in [5.74, 6) is 0.785. The Bertz CT molecular complexity index is 498. The van der Waals surface area contributed by atoms with Crippen molar-refractivity contribution >= 4 is 46.9 Å². The molecule has 1 amide bonds. The second-order valence-electron chi connectivity index (χ2n) is 5.24. The largest absolute Gasteiger partial charge is 0.470 e. The summed E-state index contributed by atoms with van der Waals surface area (Å²) >= 11 is 8.10. The van der Waals surface area contributed by atoms with Crippen molar-refractivity contribution in [1.29, 1.82) is 0 Å². The third-order valence-corrected chi connectivity index (χ3v) is 2.51. The Balaban J connectivity index is 0.000000980. The summed E-state index contributed by atoms with van der Waals surface area (Å²) < 4.78 is 5.27. The van der Waals surface area contributed by atoms with Gasteiger partial charge in [0.15, 0.2) is 0 Å². The molecule has 0 saturated heterocycles. The number of ketones is 1. The zero-order valence-corrected chi connectivity index (χ0v) is 14.5. The summed E-state index contributed by atoms with van der Waals surface area (Å²) in [6, 6.07) is 5.45. The van der Waals surface area contributed by atoms with E-state index in [0.29, 0.717) is 12.2 Å². The molecule has 0 fully saturated rings. The van der Waals surface area contributed by atoms with Crippen molar-refractivity contribution in [3.8, 4) is 0 Å². The first kappa shape index (κ1) is 20.3. The first-order valence-corrected chi connectivity index (χ1v) is 7.35. The first-order chi connectivity index (χ1) is 10.1. The number of nitrogens with two attached hydrogens (primary N) is 1. The molecule has 8 heteroatoms. The Morgan fingerprint density at radius 1 is 1.41 bits per heavy atom. The molecular formula is C14H21N3O3S2. The van der Waals surface area contributed by atoms with Gasteiger partial charge in [0.25, 0.3) is 10.4 Å². The van der Waals surface area contributed by atoms with Crippen molar-refractivity contribution in [2.75, 3.05) is 11.9 Å². The van der Waals surface area contributed by atoms with Gasteiger partial charge in [-0.05, 0) is 24.4 Å². The molecule has 122 valence electrons. The Labute approximate surface area is 141 Å². The summed E-state index contributed by atoms with van der Waals surface area (Å²) in [5.41, 5.74) is 4.00. The lowest BCUT2D eigenvalue weighted by molar-refractivity contribution is -0.126. The van der Waals surface area contributed by atoms with Crippen LogP contribution in [0.25, 0.3) is 0 Å². The number of hydrogen-bond donors (Lipinski definition) is 3. The van der Waals surface area contributed by atoms with E-state index in [4.69, 9.17) is 21.7 Å². The molecule has 0 aliphatic carbocycles. The molecule has 0 unspecified atom stereocenters. The number of primary amides is 1. The van der Waals surface area contributed by atoms with Crippen LogP contribution in [-0.4, -0.2) is 27.8 Å². The van der Waals surface area contributed by atoms with Gasteiger partial charge in [-0.25, -0.2) is 4.98 Å². The van der Waals surface area contributed by atoms with Gasteiger partial charge >= 0.3 is 0 Å². The Morgan fingerprint density at radius 3 is 2.45 bits per heavy atom. The number of hydrogen-bond acceptors (Lipinski definition) is 5. The first-order valence-electron chi connectivity index (χ1n) is 6.49. The molecule has 0 aliphatic heterocycles. The normalized spacial score (nSPS) is 10.0. The van der Waals surface area contributed by atoms with Gasteiger partial charge < -0.3 is 15.8 Å². The monoisotopic (exact) mass is 343 g/mol. The van der Waals surface area contributed by atoms with Crippen LogP contribution in [0.15, 0.2) is 24.4 Å². The molecule has 1 aromatic heterocycles. The second kappa shape index (κ2) is 10.1. The van der Waals surface area contributed by atoms with Crippen molar-refractivity contribution < 1.29 is 14.3 Å². The van der Waals surface area contributed by atoms with Crippen LogP contribution in [-0.2, 0) is 9.53 Å². The van der Waals surface area contributed by atoms with Crippen LogP contribution in [0.2, 0.25) is 0 Å². The van der Waals surface area contributed by atoms with Crippen LogP contribution in [0, 0.1) is 5.41 Å². The highest BCUT2D eigenvalue weighted by atomic mass is 32.1. The average molecular weight is 343 g/mol. The number of nitrogens with zero attached hydrogens (tertiary/aromatic N) is 1. The molecule has 6 nitrogen and oxygen atoms in total. The summed E-state index contributed by atoms with van der Waals surface area (Å²) in [6.45, 7) is 5.95. The number of amides is 1. The molecule has 1 rings (SSSR count). The number of ether oxygens (including phenoxy) is 1. The Kier molecular flexibility index (Phi) is 9.35. The quantitative estimate of drug-likeness (QED) is 0.575. The van der Waals surface area contributed by atoms with Gasteiger partial charge in [-0.1, -0.05) is 39.5 Å². The molecule has 0 atom stereocenters. The van der Waals surface area contributed by atoms with Crippen LogP contribution in [0.4, 0.5) is 10.6 Å². The molecule has 0 bridgehead atoms. The zero-order valence-electron chi connectivity index (χ0n) is 12.8. The van der Waals surface area contributed by atoms with Crippen LogP contribution >= 0.6 is 24.8 Å². The number of rotatable bonds is 4. The smallest absolute Gasteiger partial charge is 0.273 e. The lowest BCUT2D eigenvalue weighted by atomic mass is 9.89. The van der Waals surface area contributed by atoms with E-state index >= 15 is 0 Å². The molecule has 0 aromatic carbocycles. The fraction of sp³-hybridized carbons (Fsp3) is 0.429. The van der Waals surface area contributed by atoms with E-state index in [2.05, 4.69) is 28.7 Å².